The molecular weight excluding hydrogens is 549 g/mol. The van der Waals surface area contributed by atoms with Gasteiger partial charge < -0.3 is 10.2 Å². The largest absolute Gasteiger partial charge is 0.471 e. The van der Waals surface area contributed by atoms with Gasteiger partial charge in [-0.15, -0.1) is 11.3 Å². The number of halogens is 7. The Kier molecular flexibility index (Phi) is 7.24. The summed E-state index contributed by atoms with van der Waals surface area (Å²) in [6.45, 7) is 3.60. The van der Waals surface area contributed by atoms with Crippen molar-refractivity contribution in [3.8, 4) is 10.6 Å². The second kappa shape index (κ2) is 9.79. The normalized spacial score (nSPS) is 14.2. The van der Waals surface area contributed by atoms with Gasteiger partial charge in [-0.1, -0.05) is 19.5 Å². The molecule has 3 aromatic rings. The van der Waals surface area contributed by atoms with Gasteiger partial charge in [0.1, 0.15) is 5.56 Å². The first-order chi connectivity index (χ1) is 16.7. The Hall–Kier alpha value is -2.43. The number of alkyl halides is 6. The average molecular weight is 567 g/mol. The minimum atomic E-state index is -4.97. The van der Waals surface area contributed by atoms with Crippen LogP contribution >= 0.6 is 30.9 Å². The lowest BCUT2D eigenvalue weighted by atomic mass is 9.99. The zero-order valence-corrected chi connectivity index (χ0v) is 21.2. The molecule has 3 heterocycles. The summed E-state index contributed by atoms with van der Waals surface area (Å²) in [5.74, 6) is -2.04. The molecule has 1 amide bonds. The quantitative estimate of drug-likeness (QED) is 0.292. The van der Waals surface area contributed by atoms with Gasteiger partial charge in [-0.05, 0) is 59.8 Å². The molecule has 1 N–H and O–H groups in total. The van der Waals surface area contributed by atoms with Crippen LogP contribution in [-0.2, 0) is 23.9 Å². The maximum absolute atomic E-state index is 13.7. The predicted octanol–water partition coefficient (Wildman–Crippen LogP) is 6.43. The van der Waals surface area contributed by atoms with Crippen LogP contribution in [0.1, 0.15) is 16.7 Å². The number of carbonyl (C=O) groups excluding carboxylic acids is 1. The van der Waals surface area contributed by atoms with Crippen molar-refractivity contribution in [3.05, 3.63) is 51.5 Å². The number of carbonyl (C=O) groups is 1. The van der Waals surface area contributed by atoms with Gasteiger partial charge in [0.2, 0.25) is 5.95 Å². The van der Waals surface area contributed by atoms with Gasteiger partial charge >= 0.3 is 18.3 Å². The standard InChI is InChI=1S/C22H18ClF6N4OPS/c1-35(2)13-7-17(36-10-13)18-14(21(24,25)26)8-30-20(32-18)31-16-6-11-3-4-33(19(34)22(27,28)29)9-12(11)5-15(16)23/h5-8,10H,3-4,9H2,1-2H3,(H,30,31,32). The zero-order chi connectivity index (χ0) is 26.4. The molecule has 0 saturated heterocycles. The molecule has 0 atom stereocenters. The number of hydrogen-bond donors (Lipinski definition) is 1. The lowest BCUT2D eigenvalue weighted by Crippen LogP contribution is -2.43. The number of thiophene rings is 1. The summed E-state index contributed by atoms with van der Waals surface area (Å²) < 4.78 is 79.3. The van der Waals surface area contributed by atoms with Crippen LogP contribution in [0.2, 0.25) is 5.02 Å². The number of nitrogens with zero attached hydrogens (tertiary/aromatic N) is 3. The molecule has 5 nitrogen and oxygen atoms in total. The Morgan fingerprint density at radius 3 is 2.47 bits per heavy atom. The van der Waals surface area contributed by atoms with Crippen molar-refractivity contribution in [1.82, 2.24) is 14.9 Å². The number of anilines is 2. The van der Waals surface area contributed by atoms with E-state index in [0.717, 1.165) is 16.6 Å². The van der Waals surface area contributed by atoms with Gasteiger partial charge in [-0.3, -0.25) is 4.79 Å². The molecular formula is C22H18ClF6N4OPS. The minimum absolute atomic E-state index is 0.0983. The van der Waals surface area contributed by atoms with Crippen molar-refractivity contribution in [2.24, 2.45) is 0 Å². The number of fused-ring (bicyclic) bond motifs is 1. The summed E-state index contributed by atoms with van der Waals surface area (Å²) in [5, 5.41) is 5.68. The second-order valence-electron chi connectivity index (χ2n) is 8.22. The van der Waals surface area contributed by atoms with Crippen molar-refractivity contribution < 1.29 is 31.1 Å². The molecule has 0 radical (unpaired) electrons. The second-order valence-corrected chi connectivity index (χ2v) is 11.8. The Morgan fingerprint density at radius 2 is 1.86 bits per heavy atom. The summed E-state index contributed by atoms with van der Waals surface area (Å²) in [6.07, 6.45) is -8.78. The maximum Gasteiger partial charge on any atom is 0.471 e. The molecule has 0 spiro atoms. The molecule has 14 heteroatoms. The Labute approximate surface area is 212 Å². The number of nitrogens with one attached hydrogen (secondary N) is 1. The molecule has 1 aliphatic heterocycles. The van der Waals surface area contributed by atoms with Crippen molar-refractivity contribution in [2.75, 3.05) is 25.2 Å². The van der Waals surface area contributed by atoms with Crippen LogP contribution in [0.4, 0.5) is 38.0 Å². The maximum atomic E-state index is 13.7. The molecule has 0 fully saturated rings. The molecule has 4 rings (SSSR count). The summed E-state index contributed by atoms with van der Waals surface area (Å²) >= 11 is 7.47. The molecule has 1 aromatic carbocycles. The lowest BCUT2D eigenvalue weighted by Gasteiger charge is -2.30. The first kappa shape index (κ1) is 26.6. The van der Waals surface area contributed by atoms with Crippen molar-refractivity contribution in [2.45, 2.75) is 25.3 Å². The fourth-order valence-corrected chi connectivity index (χ4v) is 6.16. The highest BCUT2D eigenvalue weighted by molar-refractivity contribution is 7.64. The van der Waals surface area contributed by atoms with Crippen LogP contribution in [0.25, 0.3) is 10.6 Å². The third-order valence-electron chi connectivity index (χ3n) is 5.51. The zero-order valence-electron chi connectivity index (χ0n) is 18.8. The number of hydrogen-bond acceptors (Lipinski definition) is 5. The lowest BCUT2D eigenvalue weighted by molar-refractivity contribution is -0.186. The van der Waals surface area contributed by atoms with E-state index in [9.17, 15) is 31.1 Å². The average Bonchev–Trinajstić information content (AvgIpc) is 3.28. The van der Waals surface area contributed by atoms with Gasteiger partial charge in [0, 0.05) is 19.3 Å². The molecule has 2 aromatic heterocycles. The van der Waals surface area contributed by atoms with Gasteiger partial charge in [-0.25, -0.2) is 9.97 Å². The molecule has 36 heavy (non-hydrogen) atoms. The molecule has 1 aliphatic rings. The predicted molar refractivity (Wildman–Crippen MR) is 129 cm³/mol. The van der Waals surface area contributed by atoms with Crippen molar-refractivity contribution in [3.63, 3.8) is 0 Å². The molecule has 192 valence electrons. The Morgan fingerprint density at radius 1 is 1.14 bits per heavy atom. The third kappa shape index (κ3) is 5.60. The van der Waals surface area contributed by atoms with E-state index >= 15 is 0 Å². The van der Waals surface area contributed by atoms with Gasteiger partial charge in [0.05, 0.1) is 21.3 Å². The third-order valence-corrected chi connectivity index (χ3v) is 8.22. The fraction of sp³-hybridized carbons (Fsp3) is 0.318. The van der Waals surface area contributed by atoms with Crippen LogP contribution in [-0.4, -0.2) is 46.8 Å². The van der Waals surface area contributed by atoms with E-state index in [0.29, 0.717) is 27.1 Å². The van der Waals surface area contributed by atoms with Gasteiger partial charge in [0.15, 0.2) is 0 Å². The van der Waals surface area contributed by atoms with Crippen molar-refractivity contribution in [1.29, 1.82) is 0 Å². The van der Waals surface area contributed by atoms with E-state index in [-0.39, 0.29) is 41.9 Å². The van der Waals surface area contributed by atoms with E-state index < -0.39 is 31.7 Å². The highest BCUT2D eigenvalue weighted by atomic mass is 35.5. The number of amides is 1. The summed E-state index contributed by atoms with van der Waals surface area (Å²) in [6, 6.07) is 4.70. The van der Waals surface area contributed by atoms with E-state index in [1.165, 1.54) is 6.07 Å². The van der Waals surface area contributed by atoms with E-state index in [1.54, 1.807) is 12.1 Å². The number of aromatic nitrogens is 2. The van der Waals surface area contributed by atoms with Crippen LogP contribution in [0.15, 0.2) is 29.8 Å². The molecule has 0 unspecified atom stereocenters. The van der Waals surface area contributed by atoms with Crippen LogP contribution < -0.4 is 10.6 Å². The molecule has 0 bridgehead atoms. The van der Waals surface area contributed by atoms with E-state index in [4.69, 9.17) is 11.6 Å². The molecule has 0 saturated carbocycles. The van der Waals surface area contributed by atoms with E-state index in [1.807, 2.05) is 18.7 Å². The fourth-order valence-electron chi connectivity index (χ4n) is 3.67. The summed E-state index contributed by atoms with van der Waals surface area (Å²) in [4.78, 5) is 20.6. The summed E-state index contributed by atoms with van der Waals surface area (Å²) in [5.41, 5.74) is 0.161. The topological polar surface area (TPSA) is 58.1 Å². The van der Waals surface area contributed by atoms with Gasteiger partial charge in [-0.2, -0.15) is 26.3 Å². The monoisotopic (exact) mass is 566 g/mol. The molecule has 0 aliphatic carbocycles. The minimum Gasteiger partial charge on any atom is -0.330 e. The smallest absolute Gasteiger partial charge is 0.330 e. The Bertz CT molecular complexity index is 1310. The summed E-state index contributed by atoms with van der Waals surface area (Å²) in [7, 11) is -0.508. The van der Waals surface area contributed by atoms with E-state index in [2.05, 4.69) is 15.3 Å². The van der Waals surface area contributed by atoms with Crippen LogP contribution in [0, 0.1) is 0 Å². The highest BCUT2D eigenvalue weighted by Crippen LogP contribution is 2.40. The first-order valence-corrected chi connectivity index (χ1v) is 13.9. The number of rotatable bonds is 4. The van der Waals surface area contributed by atoms with Crippen LogP contribution in [0.5, 0.6) is 0 Å². The van der Waals surface area contributed by atoms with Crippen LogP contribution in [0.3, 0.4) is 0 Å². The SMILES string of the molecule is CP(C)c1csc(-c2nc(Nc3cc4c(cc3Cl)CN(C(=O)C(F)(F)F)CC4)ncc2C(F)(F)F)c1. The van der Waals surface area contributed by atoms with Gasteiger partial charge in [0.25, 0.3) is 0 Å². The number of benzene rings is 1. The highest BCUT2D eigenvalue weighted by Gasteiger charge is 2.43. The van der Waals surface area contributed by atoms with Crippen molar-refractivity contribution >= 4 is 53.7 Å². The first-order valence-electron chi connectivity index (χ1n) is 10.4. The Balaban J connectivity index is 1.64.